The van der Waals surface area contributed by atoms with Crippen molar-refractivity contribution in [2.75, 3.05) is 7.05 Å². The molecule has 100 valence electrons. The van der Waals surface area contributed by atoms with E-state index in [2.05, 4.69) is 44.4 Å². The summed E-state index contributed by atoms with van der Waals surface area (Å²) in [5.41, 5.74) is 0. The first kappa shape index (κ1) is 15.6. The topological polar surface area (TPSA) is 51.0 Å². The summed E-state index contributed by atoms with van der Waals surface area (Å²) >= 11 is 5.12. The normalized spacial score (nSPS) is 12.2. The summed E-state index contributed by atoms with van der Waals surface area (Å²) in [6.07, 6.45) is 1.49. The smallest absolute Gasteiger partial charge is 0.231 e. The first-order valence-corrected chi connectivity index (χ1v) is 7.01. The molecule has 0 saturated heterocycles. The summed E-state index contributed by atoms with van der Waals surface area (Å²) in [7, 11) is 1.93. The maximum atomic E-state index is 5.23. The summed E-state index contributed by atoms with van der Waals surface area (Å²) in [6.45, 7) is 2.09. The van der Waals surface area contributed by atoms with Crippen LogP contribution in [0.5, 0.6) is 0 Å². The Kier molecular flexibility index (Phi) is 6.28. The van der Waals surface area contributed by atoms with Crippen molar-refractivity contribution in [2.24, 2.45) is 0 Å². The minimum atomic E-state index is 0. The number of likely N-dealkylation sites (N-methyl/N-ethyl adjacent to an activating group) is 1. The highest BCUT2D eigenvalue weighted by Crippen LogP contribution is 2.23. The summed E-state index contributed by atoms with van der Waals surface area (Å²) < 4.78 is 6.35. The van der Waals surface area contributed by atoms with Crippen LogP contribution in [0.2, 0.25) is 0 Å². The van der Waals surface area contributed by atoms with Crippen molar-refractivity contribution in [3.63, 3.8) is 0 Å². The molecule has 0 saturated carbocycles. The van der Waals surface area contributed by atoms with Gasteiger partial charge < -0.3 is 9.84 Å². The molecule has 2 heterocycles. The highest BCUT2D eigenvalue weighted by atomic mass is 79.9. The van der Waals surface area contributed by atoms with E-state index in [1.165, 1.54) is 4.88 Å². The maximum absolute atomic E-state index is 5.23. The number of hydrogen-bond donors (Lipinski definition) is 1. The van der Waals surface area contributed by atoms with Gasteiger partial charge in [-0.3, -0.25) is 0 Å². The molecule has 2 rings (SSSR count). The predicted octanol–water partition coefficient (Wildman–Crippen LogP) is 3.06. The highest BCUT2D eigenvalue weighted by Gasteiger charge is 2.10. The Balaban J connectivity index is 0.00000162. The zero-order valence-electron chi connectivity index (χ0n) is 10.1. The number of hydrogen-bond acceptors (Lipinski definition) is 5. The van der Waals surface area contributed by atoms with Gasteiger partial charge in [-0.25, -0.2) is 0 Å². The fourth-order valence-electron chi connectivity index (χ4n) is 1.42. The lowest BCUT2D eigenvalue weighted by atomic mass is 10.2. The first-order chi connectivity index (χ1) is 8.17. The number of halogens is 2. The molecule has 4 nitrogen and oxygen atoms in total. The second-order valence-corrected chi connectivity index (χ2v) is 6.43. The average molecular weight is 353 g/mol. The molecule has 2 aromatic rings. The Bertz CT molecular complexity index is 488. The van der Waals surface area contributed by atoms with Gasteiger partial charge >= 0.3 is 0 Å². The molecule has 1 atom stereocenters. The fraction of sp³-hybridized carbons (Fsp3) is 0.455. The summed E-state index contributed by atoms with van der Waals surface area (Å²) in [4.78, 5) is 5.59. The van der Waals surface area contributed by atoms with E-state index in [0.29, 0.717) is 18.4 Å². The Morgan fingerprint density at radius 2 is 2.28 bits per heavy atom. The van der Waals surface area contributed by atoms with Crippen molar-refractivity contribution in [3.8, 4) is 0 Å². The van der Waals surface area contributed by atoms with Crippen LogP contribution in [0.4, 0.5) is 0 Å². The van der Waals surface area contributed by atoms with Gasteiger partial charge in [-0.05, 0) is 42.0 Å². The fourth-order valence-corrected chi connectivity index (χ4v) is 2.89. The predicted molar refractivity (Wildman–Crippen MR) is 78.6 cm³/mol. The Morgan fingerprint density at radius 3 is 2.89 bits per heavy atom. The van der Waals surface area contributed by atoms with E-state index in [1.807, 2.05) is 13.1 Å². The molecular formula is C11H15BrClN3OS. The molecule has 2 aromatic heterocycles. The van der Waals surface area contributed by atoms with Crippen LogP contribution in [0.3, 0.4) is 0 Å². The zero-order valence-corrected chi connectivity index (χ0v) is 13.4. The van der Waals surface area contributed by atoms with Crippen molar-refractivity contribution in [1.82, 2.24) is 15.5 Å². The molecule has 0 bridgehead atoms. The summed E-state index contributed by atoms with van der Waals surface area (Å²) in [5.74, 6) is 1.44. The third kappa shape index (κ3) is 4.35. The van der Waals surface area contributed by atoms with Crippen molar-refractivity contribution >= 4 is 39.7 Å². The molecule has 0 spiro atoms. The van der Waals surface area contributed by atoms with Crippen molar-refractivity contribution < 1.29 is 4.52 Å². The van der Waals surface area contributed by atoms with Crippen molar-refractivity contribution in [3.05, 3.63) is 32.5 Å². The van der Waals surface area contributed by atoms with Gasteiger partial charge in [0.05, 0.1) is 10.2 Å². The molecule has 0 aliphatic heterocycles. The number of nitrogens with one attached hydrogen (secondary N) is 1. The second kappa shape index (κ2) is 7.23. The minimum absolute atomic E-state index is 0. The molecule has 0 radical (unpaired) electrons. The van der Waals surface area contributed by atoms with Crippen LogP contribution in [-0.4, -0.2) is 23.2 Å². The van der Waals surface area contributed by atoms with Gasteiger partial charge in [0.2, 0.25) is 5.89 Å². The lowest BCUT2D eigenvalue weighted by molar-refractivity contribution is 0.377. The summed E-state index contributed by atoms with van der Waals surface area (Å²) in [5, 5.41) is 7.12. The molecule has 0 aliphatic carbocycles. The molecule has 1 N–H and O–H groups in total. The molecule has 0 aliphatic rings. The number of nitrogens with zero attached hydrogens (tertiary/aromatic N) is 2. The molecule has 0 fully saturated rings. The molecule has 0 aromatic carbocycles. The van der Waals surface area contributed by atoms with E-state index in [1.54, 1.807) is 11.3 Å². The van der Waals surface area contributed by atoms with E-state index in [0.717, 1.165) is 16.0 Å². The molecule has 1 unspecified atom stereocenters. The Labute approximate surface area is 125 Å². The Hall–Kier alpha value is -0.430. The van der Waals surface area contributed by atoms with Crippen LogP contribution < -0.4 is 5.32 Å². The van der Waals surface area contributed by atoms with Crippen LogP contribution >= 0.6 is 39.7 Å². The van der Waals surface area contributed by atoms with E-state index in [-0.39, 0.29) is 12.4 Å². The standard InChI is InChI=1S/C11H14BrN3OS.ClH/c1-7(13-2)5-10-14-11(16-15-10)6-8-3-4-9(12)17-8;/h3-4,7,13H,5-6H2,1-2H3;1H. The lowest BCUT2D eigenvalue weighted by Crippen LogP contribution is -2.24. The first-order valence-electron chi connectivity index (χ1n) is 5.40. The van der Waals surface area contributed by atoms with Gasteiger partial charge in [0, 0.05) is 17.3 Å². The van der Waals surface area contributed by atoms with Crippen LogP contribution in [0.15, 0.2) is 20.4 Å². The minimum Gasteiger partial charge on any atom is -0.339 e. The van der Waals surface area contributed by atoms with Gasteiger partial charge in [-0.2, -0.15) is 4.98 Å². The van der Waals surface area contributed by atoms with E-state index in [9.17, 15) is 0 Å². The summed E-state index contributed by atoms with van der Waals surface area (Å²) in [6, 6.07) is 4.45. The second-order valence-electron chi connectivity index (χ2n) is 3.88. The number of thiophene rings is 1. The van der Waals surface area contributed by atoms with E-state index in [4.69, 9.17) is 4.52 Å². The lowest BCUT2D eigenvalue weighted by Gasteiger charge is -2.04. The van der Waals surface area contributed by atoms with E-state index >= 15 is 0 Å². The number of aromatic nitrogens is 2. The molecule has 18 heavy (non-hydrogen) atoms. The molecule has 7 heteroatoms. The quantitative estimate of drug-likeness (QED) is 0.898. The van der Waals surface area contributed by atoms with Gasteiger partial charge in [-0.15, -0.1) is 23.7 Å². The van der Waals surface area contributed by atoms with Crippen LogP contribution in [0, 0.1) is 0 Å². The highest BCUT2D eigenvalue weighted by molar-refractivity contribution is 9.11. The van der Waals surface area contributed by atoms with Crippen molar-refractivity contribution in [1.29, 1.82) is 0 Å². The molecular weight excluding hydrogens is 338 g/mol. The van der Waals surface area contributed by atoms with Crippen LogP contribution in [-0.2, 0) is 12.8 Å². The maximum Gasteiger partial charge on any atom is 0.231 e. The largest absolute Gasteiger partial charge is 0.339 e. The van der Waals surface area contributed by atoms with Crippen molar-refractivity contribution in [2.45, 2.75) is 25.8 Å². The van der Waals surface area contributed by atoms with Gasteiger partial charge in [0.25, 0.3) is 0 Å². The van der Waals surface area contributed by atoms with E-state index < -0.39 is 0 Å². The van der Waals surface area contributed by atoms with Crippen LogP contribution in [0.25, 0.3) is 0 Å². The van der Waals surface area contributed by atoms with Gasteiger partial charge in [-0.1, -0.05) is 5.16 Å². The monoisotopic (exact) mass is 351 g/mol. The van der Waals surface area contributed by atoms with Gasteiger partial charge in [0.1, 0.15) is 0 Å². The number of rotatable bonds is 5. The molecule has 0 amide bonds. The third-order valence-corrected chi connectivity index (χ3v) is 4.07. The van der Waals surface area contributed by atoms with Gasteiger partial charge in [0.15, 0.2) is 5.82 Å². The average Bonchev–Trinajstić information content (AvgIpc) is 2.89. The Morgan fingerprint density at radius 1 is 1.50 bits per heavy atom. The SMILES string of the molecule is CNC(C)Cc1noc(Cc2ccc(Br)s2)n1.Cl. The zero-order chi connectivity index (χ0) is 12.3. The third-order valence-electron chi connectivity index (χ3n) is 2.45. The van der Waals surface area contributed by atoms with Crippen LogP contribution in [0.1, 0.15) is 23.5 Å².